The van der Waals surface area contributed by atoms with Crippen LogP contribution in [0.4, 0.5) is 9.59 Å². The molecule has 1 unspecified atom stereocenters. The number of piperidine rings is 1. The smallest absolute Gasteiger partial charge is 0.410 e. The number of likely N-dealkylation sites (tertiary alicyclic amines) is 1. The Labute approximate surface area is 177 Å². The summed E-state index contributed by atoms with van der Waals surface area (Å²) in [7, 11) is 0. The van der Waals surface area contributed by atoms with Gasteiger partial charge in [0, 0.05) is 13.1 Å². The van der Waals surface area contributed by atoms with Gasteiger partial charge in [-0.3, -0.25) is 4.79 Å². The molecule has 2 rings (SSSR count). The number of benzene rings is 1. The lowest BCUT2D eigenvalue weighted by Crippen LogP contribution is -2.56. The molecule has 1 fully saturated rings. The Morgan fingerprint density at radius 3 is 2.23 bits per heavy atom. The van der Waals surface area contributed by atoms with Gasteiger partial charge >= 0.3 is 18.2 Å². The van der Waals surface area contributed by atoms with Gasteiger partial charge in [0.1, 0.15) is 12.2 Å². The lowest BCUT2D eigenvalue weighted by Gasteiger charge is -2.42. The lowest BCUT2D eigenvalue weighted by atomic mass is 9.77. The summed E-state index contributed by atoms with van der Waals surface area (Å²) in [4.78, 5) is 37.7. The molecule has 1 heterocycles. The fourth-order valence-electron chi connectivity index (χ4n) is 3.62. The number of carbonyl (C=O) groups is 3. The van der Waals surface area contributed by atoms with E-state index in [1.165, 1.54) is 0 Å². The minimum atomic E-state index is -1.00. The highest BCUT2D eigenvalue weighted by Gasteiger charge is 2.41. The van der Waals surface area contributed by atoms with Gasteiger partial charge in [-0.1, -0.05) is 30.3 Å². The van der Waals surface area contributed by atoms with E-state index < -0.39 is 23.2 Å². The molecule has 1 aliphatic rings. The molecule has 0 aliphatic carbocycles. The van der Waals surface area contributed by atoms with Crippen molar-refractivity contribution in [2.45, 2.75) is 64.7 Å². The predicted molar refractivity (Wildman–Crippen MR) is 111 cm³/mol. The van der Waals surface area contributed by atoms with Crippen LogP contribution < -0.4 is 5.32 Å². The number of carboxylic acids is 1. The van der Waals surface area contributed by atoms with Gasteiger partial charge in [-0.25, -0.2) is 9.59 Å². The molecular formula is C22H32N2O6. The van der Waals surface area contributed by atoms with Crippen molar-refractivity contribution in [2.24, 2.45) is 5.92 Å². The van der Waals surface area contributed by atoms with Crippen LogP contribution in [0, 0.1) is 5.92 Å². The summed E-state index contributed by atoms with van der Waals surface area (Å²) in [6.07, 6.45) is -0.151. The van der Waals surface area contributed by atoms with Gasteiger partial charge < -0.3 is 24.8 Å². The maximum Gasteiger partial charge on any atom is 0.410 e. The Balaban J connectivity index is 1.96. The van der Waals surface area contributed by atoms with Gasteiger partial charge in [-0.15, -0.1) is 0 Å². The molecule has 2 N–H and O–H groups in total. The Morgan fingerprint density at radius 2 is 1.70 bits per heavy atom. The second-order valence-corrected chi connectivity index (χ2v) is 8.92. The SMILES string of the molecule is CC(C)(C)OC(=O)N1CCC(C(C)(CC(=O)O)NC(=O)OCc2ccccc2)CC1. The monoisotopic (exact) mass is 420 g/mol. The predicted octanol–water partition coefficient (Wildman–Crippen LogP) is 3.79. The number of hydrogen-bond acceptors (Lipinski definition) is 5. The Kier molecular flexibility index (Phi) is 7.70. The summed E-state index contributed by atoms with van der Waals surface area (Å²) < 4.78 is 10.7. The molecule has 8 nitrogen and oxygen atoms in total. The van der Waals surface area contributed by atoms with Crippen LogP contribution in [0.5, 0.6) is 0 Å². The highest BCUT2D eigenvalue weighted by Crippen LogP contribution is 2.32. The van der Waals surface area contributed by atoms with Crippen LogP contribution in [0.25, 0.3) is 0 Å². The fraction of sp³-hybridized carbons (Fsp3) is 0.591. The average molecular weight is 421 g/mol. The van der Waals surface area contributed by atoms with Crippen LogP contribution in [-0.4, -0.2) is 52.4 Å². The second kappa shape index (κ2) is 9.82. The molecule has 166 valence electrons. The normalized spacial score (nSPS) is 17.0. The lowest BCUT2D eigenvalue weighted by molar-refractivity contribution is -0.139. The number of hydrogen-bond donors (Lipinski definition) is 2. The topological polar surface area (TPSA) is 105 Å². The molecule has 8 heteroatoms. The third kappa shape index (κ3) is 7.24. The van der Waals surface area contributed by atoms with Crippen molar-refractivity contribution in [1.82, 2.24) is 10.2 Å². The summed E-state index contributed by atoms with van der Waals surface area (Å²) in [6.45, 7) is 8.14. The number of alkyl carbamates (subject to hydrolysis) is 1. The van der Waals surface area contributed by atoms with Gasteiger partial charge in [0.05, 0.1) is 12.0 Å². The second-order valence-electron chi connectivity index (χ2n) is 8.92. The first kappa shape index (κ1) is 23.5. The van der Waals surface area contributed by atoms with Crippen molar-refractivity contribution in [3.05, 3.63) is 35.9 Å². The third-order valence-corrected chi connectivity index (χ3v) is 5.17. The van der Waals surface area contributed by atoms with Gasteiger partial charge in [0.15, 0.2) is 0 Å². The van der Waals surface area contributed by atoms with Crippen molar-refractivity contribution in [3.8, 4) is 0 Å². The molecular weight excluding hydrogens is 388 g/mol. The first-order valence-electron chi connectivity index (χ1n) is 10.2. The summed E-state index contributed by atoms with van der Waals surface area (Å²) >= 11 is 0. The van der Waals surface area contributed by atoms with Crippen LogP contribution in [0.3, 0.4) is 0 Å². The van der Waals surface area contributed by atoms with E-state index >= 15 is 0 Å². The van der Waals surface area contributed by atoms with E-state index in [1.807, 2.05) is 51.1 Å². The summed E-state index contributed by atoms with van der Waals surface area (Å²) in [5, 5.41) is 12.2. The number of carbonyl (C=O) groups excluding carboxylic acids is 2. The van der Waals surface area contributed by atoms with E-state index in [2.05, 4.69) is 5.32 Å². The van der Waals surface area contributed by atoms with Gasteiger partial charge in [-0.05, 0) is 52.0 Å². The quantitative estimate of drug-likeness (QED) is 0.725. The number of amides is 2. The standard InChI is InChI=1S/C22H32N2O6/c1-21(2,3)30-20(28)24-12-10-17(11-13-24)22(4,14-18(25)26)23-19(27)29-15-16-8-6-5-7-9-16/h5-9,17H,10-15H2,1-4H3,(H,23,27)(H,25,26). The maximum absolute atomic E-state index is 12.4. The molecule has 0 spiro atoms. The molecule has 1 saturated heterocycles. The molecule has 1 atom stereocenters. The molecule has 1 aromatic carbocycles. The first-order chi connectivity index (χ1) is 14.0. The molecule has 2 amide bonds. The largest absolute Gasteiger partial charge is 0.481 e. The zero-order valence-corrected chi connectivity index (χ0v) is 18.1. The van der Waals surface area contributed by atoms with E-state index in [4.69, 9.17) is 9.47 Å². The van der Waals surface area contributed by atoms with E-state index in [1.54, 1.807) is 11.8 Å². The third-order valence-electron chi connectivity index (χ3n) is 5.17. The molecule has 0 aromatic heterocycles. The molecule has 0 radical (unpaired) electrons. The summed E-state index contributed by atoms with van der Waals surface area (Å²) in [5.74, 6) is -1.12. The summed E-state index contributed by atoms with van der Waals surface area (Å²) in [6, 6.07) is 9.26. The number of nitrogens with one attached hydrogen (secondary N) is 1. The van der Waals surface area contributed by atoms with E-state index in [-0.39, 0.29) is 25.0 Å². The number of aliphatic carboxylic acids is 1. The van der Waals surface area contributed by atoms with Crippen molar-refractivity contribution in [3.63, 3.8) is 0 Å². The molecule has 1 aromatic rings. The maximum atomic E-state index is 12.4. The van der Waals surface area contributed by atoms with Crippen LogP contribution >= 0.6 is 0 Å². The van der Waals surface area contributed by atoms with E-state index in [9.17, 15) is 19.5 Å². The van der Waals surface area contributed by atoms with Crippen molar-refractivity contribution in [2.75, 3.05) is 13.1 Å². The van der Waals surface area contributed by atoms with Crippen LogP contribution in [-0.2, 0) is 20.9 Å². The van der Waals surface area contributed by atoms with Crippen LogP contribution in [0.15, 0.2) is 30.3 Å². The average Bonchev–Trinajstić information content (AvgIpc) is 2.65. The molecule has 1 aliphatic heterocycles. The minimum absolute atomic E-state index is 0.104. The molecule has 30 heavy (non-hydrogen) atoms. The molecule has 0 bridgehead atoms. The van der Waals surface area contributed by atoms with Crippen LogP contribution in [0.2, 0.25) is 0 Å². The van der Waals surface area contributed by atoms with E-state index in [0.717, 1.165) is 5.56 Å². The Bertz CT molecular complexity index is 738. The Hall–Kier alpha value is -2.77. The number of nitrogens with zero attached hydrogens (tertiary/aromatic N) is 1. The van der Waals surface area contributed by atoms with Crippen molar-refractivity contribution >= 4 is 18.2 Å². The number of carboxylic acid groups (broad SMARTS) is 1. The zero-order chi connectivity index (χ0) is 22.4. The Morgan fingerprint density at radius 1 is 1.10 bits per heavy atom. The van der Waals surface area contributed by atoms with Gasteiger partial charge in [-0.2, -0.15) is 0 Å². The van der Waals surface area contributed by atoms with Gasteiger partial charge in [0.2, 0.25) is 0 Å². The van der Waals surface area contributed by atoms with E-state index in [0.29, 0.717) is 25.9 Å². The summed E-state index contributed by atoms with van der Waals surface area (Å²) in [5.41, 5.74) is -0.714. The number of rotatable bonds is 6. The highest BCUT2D eigenvalue weighted by atomic mass is 16.6. The number of ether oxygens (including phenoxy) is 2. The van der Waals surface area contributed by atoms with Crippen LogP contribution in [0.1, 0.15) is 52.5 Å². The minimum Gasteiger partial charge on any atom is -0.481 e. The first-order valence-corrected chi connectivity index (χ1v) is 10.2. The molecule has 0 saturated carbocycles. The van der Waals surface area contributed by atoms with Crippen molar-refractivity contribution < 1.29 is 29.0 Å². The highest BCUT2D eigenvalue weighted by molar-refractivity contribution is 5.73. The fourth-order valence-corrected chi connectivity index (χ4v) is 3.62. The van der Waals surface area contributed by atoms with Gasteiger partial charge in [0.25, 0.3) is 0 Å². The zero-order valence-electron chi connectivity index (χ0n) is 18.1. The van der Waals surface area contributed by atoms with Crippen molar-refractivity contribution in [1.29, 1.82) is 0 Å².